The number of anilines is 1. The number of phenolic OH excluding ortho intramolecular Hbond substituents is 1. The molecule has 0 atom stereocenters. The summed E-state index contributed by atoms with van der Waals surface area (Å²) in [6.45, 7) is 7.76. The Hall–Kier alpha value is -4.20. The molecule has 43 heavy (non-hydrogen) atoms. The normalized spacial score (nSPS) is 14.5. The van der Waals surface area contributed by atoms with Gasteiger partial charge in [0.1, 0.15) is 5.75 Å². The predicted molar refractivity (Wildman–Crippen MR) is 154 cm³/mol. The van der Waals surface area contributed by atoms with E-state index >= 15 is 0 Å². The fraction of sp³-hybridized carbons (Fsp3) is 0.379. The minimum absolute atomic E-state index is 0.130. The van der Waals surface area contributed by atoms with Crippen LogP contribution in [0.1, 0.15) is 53.6 Å². The van der Waals surface area contributed by atoms with E-state index in [2.05, 4.69) is 31.0 Å². The van der Waals surface area contributed by atoms with Gasteiger partial charge in [-0.1, -0.05) is 39.0 Å². The summed E-state index contributed by atoms with van der Waals surface area (Å²) in [5, 5.41) is 17.7. The first kappa shape index (κ1) is 31.7. The molecular weight excluding hydrogens is 587 g/mol. The van der Waals surface area contributed by atoms with Crippen LogP contribution in [0.4, 0.5) is 19.0 Å². The van der Waals surface area contributed by atoms with Crippen LogP contribution in [0.5, 0.6) is 5.75 Å². The van der Waals surface area contributed by atoms with E-state index in [1.54, 1.807) is 27.8 Å². The van der Waals surface area contributed by atoms with Crippen molar-refractivity contribution >= 4 is 27.7 Å². The van der Waals surface area contributed by atoms with Gasteiger partial charge in [-0.2, -0.15) is 13.2 Å². The van der Waals surface area contributed by atoms with Crippen molar-refractivity contribution in [2.75, 3.05) is 36.8 Å². The van der Waals surface area contributed by atoms with Crippen LogP contribution in [0.25, 0.3) is 11.1 Å². The number of carbonyl (C=O) groups is 2. The van der Waals surface area contributed by atoms with Gasteiger partial charge in [-0.25, -0.2) is 13.1 Å². The first-order valence-electron chi connectivity index (χ1n) is 13.5. The van der Waals surface area contributed by atoms with E-state index in [9.17, 15) is 36.3 Å². The van der Waals surface area contributed by atoms with Crippen molar-refractivity contribution in [2.24, 2.45) is 0 Å². The van der Waals surface area contributed by atoms with E-state index in [-0.39, 0.29) is 22.8 Å². The van der Waals surface area contributed by atoms with E-state index < -0.39 is 34.3 Å². The molecule has 14 heteroatoms. The minimum Gasteiger partial charge on any atom is -0.508 e. The molecule has 0 radical (unpaired) electrons. The van der Waals surface area contributed by atoms with Crippen molar-refractivity contribution < 1.29 is 36.3 Å². The minimum atomic E-state index is -4.68. The molecule has 2 N–H and O–H groups in total. The van der Waals surface area contributed by atoms with Crippen molar-refractivity contribution in [1.82, 2.24) is 19.8 Å². The predicted octanol–water partition coefficient (Wildman–Crippen LogP) is 4.12. The smallest absolute Gasteiger partial charge is 0.390 e. The van der Waals surface area contributed by atoms with Crippen LogP contribution in [-0.2, 0) is 15.4 Å². The van der Waals surface area contributed by atoms with E-state index in [0.29, 0.717) is 37.6 Å². The number of amides is 2. The quantitative estimate of drug-likeness (QED) is 0.404. The van der Waals surface area contributed by atoms with E-state index in [1.807, 2.05) is 29.2 Å². The van der Waals surface area contributed by atoms with Crippen molar-refractivity contribution in [2.45, 2.75) is 38.8 Å². The van der Waals surface area contributed by atoms with Crippen LogP contribution in [0.2, 0.25) is 0 Å². The van der Waals surface area contributed by atoms with Crippen molar-refractivity contribution in [3.05, 3.63) is 71.4 Å². The lowest BCUT2D eigenvalue weighted by molar-refractivity contribution is -0.130. The molecule has 1 aliphatic heterocycles. The van der Waals surface area contributed by atoms with Crippen molar-refractivity contribution in [1.29, 1.82) is 0 Å². The molecule has 1 saturated heterocycles. The summed E-state index contributed by atoms with van der Waals surface area (Å²) >= 11 is 0. The third-order valence-electron chi connectivity index (χ3n) is 6.90. The average molecular weight is 620 g/mol. The van der Waals surface area contributed by atoms with Gasteiger partial charge < -0.3 is 14.9 Å². The molecule has 1 fully saturated rings. The number of phenols is 1. The molecule has 0 unspecified atom stereocenters. The highest BCUT2D eigenvalue weighted by atomic mass is 32.2. The third-order valence-corrected chi connectivity index (χ3v) is 8.14. The SMILES string of the molecule is CC(C)(C)c1cc(C(=O)N2CCN(c3ccc(C(=O)NS(=O)(=O)CCC(F)(F)F)nn3)CC2)cc(-c2cccc(O)c2)c1. The largest absolute Gasteiger partial charge is 0.508 e. The number of sulfonamides is 1. The Kier molecular flexibility index (Phi) is 9.00. The Morgan fingerprint density at radius 1 is 0.930 bits per heavy atom. The molecule has 2 amide bonds. The second-order valence-corrected chi connectivity index (χ2v) is 13.1. The van der Waals surface area contributed by atoms with E-state index in [1.165, 1.54) is 12.1 Å². The first-order valence-corrected chi connectivity index (χ1v) is 15.1. The molecule has 4 rings (SSSR count). The van der Waals surface area contributed by atoms with Crippen LogP contribution < -0.4 is 9.62 Å². The van der Waals surface area contributed by atoms with E-state index in [4.69, 9.17) is 0 Å². The Morgan fingerprint density at radius 2 is 1.63 bits per heavy atom. The van der Waals surface area contributed by atoms with Gasteiger partial charge in [0.05, 0.1) is 12.2 Å². The summed E-state index contributed by atoms with van der Waals surface area (Å²) in [7, 11) is -4.51. The second kappa shape index (κ2) is 12.2. The van der Waals surface area contributed by atoms with Crippen LogP contribution in [0.15, 0.2) is 54.6 Å². The second-order valence-electron chi connectivity index (χ2n) is 11.3. The molecule has 0 saturated carbocycles. The number of nitrogens with zero attached hydrogens (tertiary/aromatic N) is 4. The number of alkyl halides is 3. The molecule has 2 aromatic carbocycles. The van der Waals surface area contributed by atoms with Crippen molar-refractivity contribution in [3.8, 4) is 16.9 Å². The fourth-order valence-corrected chi connectivity index (χ4v) is 5.46. The molecule has 3 aromatic rings. The first-order chi connectivity index (χ1) is 20.0. The maximum absolute atomic E-state index is 13.6. The standard InChI is InChI=1S/C29H32F3N5O5S/c1-28(2,3)22-16-20(19-5-4-6-23(38)18-19)15-21(17-22)27(40)37-12-10-36(11-13-37)25-8-7-24(33-34-25)26(39)35-43(41,42)14-9-29(30,31)32/h4-8,15-18,38H,9-14H2,1-3H3,(H,35,39). The topological polar surface area (TPSA) is 133 Å². The summed E-state index contributed by atoms with van der Waals surface area (Å²) < 4.78 is 62.2. The third kappa shape index (κ3) is 8.43. The highest BCUT2D eigenvalue weighted by molar-refractivity contribution is 7.90. The lowest BCUT2D eigenvalue weighted by atomic mass is 9.84. The fourth-order valence-electron chi connectivity index (χ4n) is 4.47. The molecule has 2 heterocycles. The molecular formula is C29H32F3N5O5S. The van der Waals surface area contributed by atoms with Crippen LogP contribution in [-0.4, -0.2) is 78.5 Å². The maximum Gasteiger partial charge on any atom is 0.390 e. The number of nitrogens with one attached hydrogen (secondary N) is 1. The number of rotatable bonds is 7. The number of aromatic hydroxyl groups is 1. The summed E-state index contributed by atoms with van der Waals surface area (Å²) in [5.41, 5.74) is 2.52. The molecule has 10 nitrogen and oxygen atoms in total. The molecule has 230 valence electrons. The number of benzene rings is 2. The summed E-state index contributed by atoms with van der Waals surface area (Å²) in [5.74, 6) is -2.08. The zero-order valence-electron chi connectivity index (χ0n) is 23.8. The molecule has 1 aromatic heterocycles. The van der Waals surface area contributed by atoms with Gasteiger partial charge in [0, 0.05) is 31.7 Å². The average Bonchev–Trinajstić information content (AvgIpc) is 2.95. The van der Waals surface area contributed by atoms with Gasteiger partial charge in [-0.05, 0) is 58.5 Å². The van der Waals surface area contributed by atoms with E-state index in [0.717, 1.165) is 16.7 Å². The Balaban J connectivity index is 1.41. The van der Waals surface area contributed by atoms with Gasteiger partial charge in [0.25, 0.3) is 11.8 Å². The van der Waals surface area contributed by atoms with Crippen LogP contribution in [0.3, 0.4) is 0 Å². The number of hydrogen-bond acceptors (Lipinski definition) is 8. The summed E-state index contributed by atoms with van der Waals surface area (Å²) in [6.07, 6.45) is -6.27. The number of hydrogen-bond donors (Lipinski definition) is 2. The molecule has 0 bridgehead atoms. The van der Waals surface area contributed by atoms with Gasteiger partial charge >= 0.3 is 6.18 Å². The lowest BCUT2D eigenvalue weighted by Gasteiger charge is -2.35. The van der Waals surface area contributed by atoms with Gasteiger partial charge in [0.15, 0.2) is 11.5 Å². The van der Waals surface area contributed by atoms with Crippen molar-refractivity contribution in [3.63, 3.8) is 0 Å². The zero-order valence-corrected chi connectivity index (χ0v) is 24.7. The number of halogens is 3. The van der Waals surface area contributed by atoms with Gasteiger partial charge in [0.2, 0.25) is 10.0 Å². The maximum atomic E-state index is 13.6. The number of aromatic nitrogens is 2. The molecule has 1 aliphatic rings. The molecule has 0 spiro atoms. The Bertz CT molecular complexity index is 1600. The highest BCUT2D eigenvalue weighted by Crippen LogP contribution is 2.31. The lowest BCUT2D eigenvalue weighted by Crippen LogP contribution is -2.49. The zero-order chi connectivity index (χ0) is 31.6. The summed E-state index contributed by atoms with van der Waals surface area (Å²) in [6, 6.07) is 15.3. The van der Waals surface area contributed by atoms with Gasteiger partial charge in [-0.15, -0.1) is 10.2 Å². The number of piperazine rings is 1. The highest BCUT2D eigenvalue weighted by Gasteiger charge is 2.31. The van der Waals surface area contributed by atoms with Gasteiger partial charge in [-0.3, -0.25) is 9.59 Å². The Labute approximate surface area is 247 Å². The van der Waals surface area contributed by atoms with Crippen LogP contribution >= 0.6 is 0 Å². The van der Waals surface area contributed by atoms with Crippen LogP contribution in [0, 0.1) is 0 Å². The summed E-state index contributed by atoms with van der Waals surface area (Å²) in [4.78, 5) is 29.4. The Morgan fingerprint density at radius 3 is 2.21 bits per heavy atom. The molecule has 0 aliphatic carbocycles. The monoisotopic (exact) mass is 619 g/mol. The number of carbonyl (C=O) groups excluding carboxylic acids is 2.